The first-order valence-electron chi connectivity index (χ1n) is 5.94. The summed E-state index contributed by atoms with van der Waals surface area (Å²) in [6.07, 6.45) is -2.31. The lowest BCUT2D eigenvalue weighted by molar-refractivity contribution is -0.137. The number of benzene rings is 1. The van der Waals surface area contributed by atoms with Crippen molar-refractivity contribution in [1.29, 1.82) is 0 Å². The number of hydrogen-bond acceptors (Lipinski definition) is 2. The van der Waals surface area contributed by atoms with Crippen LogP contribution in [0.3, 0.4) is 0 Å². The molecule has 0 bridgehead atoms. The van der Waals surface area contributed by atoms with Crippen LogP contribution in [0.15, 0.2) is 18.2 Å². The van der Waals surface area contributed by atoms with E-state index in [1.165, 1.54) is 6.07 Å². The van der Waals surface area contributed by atoms with Crippen LogP contribution in [0, 0.1) is 5.92 Å². The predicted molar refractivity (Wildman–Crippen MR) is 65.4 cm³/mol. The van der Waals surface area contributed by atoms with Gasteiger partial charge in [0.05, 0.1) is 17.9 Å². The monoisotopic (exact) mass is 261 g/mol. The zero-order valence-electron chi connectivity index (χ0n) is 10.6. The van der Waals surface area contributed by atoms with Crippen LogP contribution in [0.5, 0.6) is 5.75 Å². The molecule has 0 aliphatic rings. The van der Waals surface area contributed by atoms with E-state index in [1.54, 1.807) is 0 Å². The summed E-state index contributed by atoms with van der Waals surface area (Å²) in [5, 5.41) is 0. The normalized spacial score (nSPS) is 13.4. The van der Waals surface area contributed by atoms with Gasteiger partial charge in [0.15, 0.2) is 0 Å². The Hall–Kier alpha value is -1.39. The van der Waals surface area contributed by atoms with E-state index in [0.717, 1.165) is 25.0 Å². The van der Waals surface area contributed by atoms with Crippen molar-refractivity contribution in [2.24, 2.45) is 5.92 Å². The van der Waals surface area contributed by atoms with Crippen LogP contribution in [-0.4, -0.2) is 6.61 Å². The van der Waals surface area contributed by atoms with Crippen LogP contribution in [0.25, 0.3) is 0 Å². The molecule has 1 aromatic carbocycles. The summed E-state index contributed by atoms with van der Waals surface area (Å²) in [5.41, 5.74) is 4.82. The topological polar surface area (TPSA) is 35.2 Å². The molecule has 1 unspecified atom stereocenters. The molecule has 0 aliphatic carbocycles. The van der Waals surface area contributed by atoms with Gasteiger partial charge in [0.1, 0.15) is 5.75 Å². The van der Waals surface area contributed by atoms with Gasteiger partial charge in [0.25, 0.3) is 0 Å². The molecule has 0 spiro atoms. The van der Waals surface area contributed by atoms with Gasteiger partial charge in [0.2, 0.25) is 0 Å². The van der Waals surface area contributed by atoms with E-state index in [2.05, 4.69) is 6.92 Å². The van der Waals surface area contributed by atoms with Crippen molar-refractivity contribution in [3.05, 3.63) is 23.8 Å². The Morgan fingerprint density at radius 3 is 2.50 bits per heavy atom. The van der Waals surface area contributed by atoms with E-state index in [4.69, 9.17) is 10.5 Å². The maximum absolute atomic E-state index is 12.4. The summed E-state index contributed by atoms with van der Waals surface area (Å²) in [6, 6.07) is 3.16. The van der Waals surface area contributed by atoms with Crippen LogP contribution >= 0.6 is 0 Å². The molecule has 0 aromatic heterocycles. The fraction of sp³-hybridized carbons (Fsp3) is 0.538. The number of nitrogen functional groups attached to an aromatic ring is 1. The molecule has 1 rings (SSSR count). The summed E-state index contributed by atoms with van der Waals surface area (Å²) in [6.45, 7) is 4.57. The van der Waals surface area contributed by atoms with E-state index >= 15 is 0 Å². The molecule has 0 fully saturated rings. The Kier molecular flexibility index (Phi) is 4.87. The molecule has 5 heteroatoms. The number of hydrogen-bond donors (Lipinski definition) is 1. The maximum Gasteiger partial charge on any atom is 0.416 e. The van der Waals surface area contributed by atoms with E-state index in [1.807, 2.05) is 6.92 Å². The van der Waals surface area contributed by atoms with Gasteiger partial charge in [-0.1, -0.05) is 20.3 Å². The quantitative estimate of drug-likeness (QED) is 0.810. The number of rotatable bonds is 5. The first-order valence-corrected chi connectivity index (χ1v) is 5.94. The number of alkyl halides is 3. The van der Waals surface area contributed by atoms with E-state index in [-0.39, 0.29) is 5.69 Å². The summed E-state index contributed by atoms with van der Waals surface area (Å²) < 4.78 is 42.7. The van der Waals surface area contributed by atoms with E-state index in [0.29, 0.717) is 18.3 Å². The molecule has 0 radical (unpaired) electrons. The minimum atomic E-state index is -4.37. The molecule has 1 aromatic rings. The molecule has 0 aliphatic heterocycles. The third kappa shape index (κ3) is 4.13. The van der Waals surface area contributed by atoms with Gasteiger partial charge >= 0.3 is 6.18 Å². The first-order chi connectivity index (χ1) is 8.34. The average molecular weight is 261 g/mol. The van der Waals surface area contributed by atoms with Crippen molar-refractivity contribution in [3.63, 3.8) is 0 Å². The highest BCUT2D eigenvalue weighted by Crippen LogP contribution is 2.33. The van der Waals surface area contributed by atoms with Crippen LogP contribution in [0.4, 0.5) is 18.9 Å². The van der Waals surface area contributed by atoms with Crippen molar-refractivity contribution in [2.45, 2.75) is 32.9 Å². The summed E-state index contributed by atoms with van der Waals surface area (Å²) >= 11 is 0. The number of nitrogens with two attached hydrogens (primary N) is 1. The highest BCUT2D eigenvalue weighted by Gasteiger charge is 2.30. The Morgan fingerprint density at radius 2 is 2.00 bits per heavy atom. The second-order valence-electron chi connectivity index (χ2n) is 4.46. The molecule has 0 heterocycles. The molecular formula is C13H18F3NO. The van der Waals surface area contributed by atoms with Gasteiger partial charge < -0.3 is 10.5 Å². The fourth-order valence-corrected chi connectivity index (χ4v) is 1.66. The Balaban J connectivity index is 2.69. The number of halogens is 3. The molecule has 2 nitrogen and oxygen atoms in total. The largest absolute Gasteiger partial charge is 0.491 e. The van der Waals surface area contributed by atoms with Crippen LogP contribution in [-0.2, 0) is 6.18 Å². The highest BCUT2D eigenvalue weighted by molar-refractivity contribution is 5.54. The summed E-state index contributed by atoms with van der Waals surface area (Å²) in [5.74, 6) is 0.669. The van der Waals surface area contributed by atoms with Gasteiger partial charge in [-0.2, -0.15) is 13.2 Å². The van der Waals surface area contributed by atoms with Crippen LogP contribution < -0.4 is 10.5 Å². The van der Waals surface area contributed by atoms with Crippen molar-refractivity contribution < 1.29 is 17.9 Å². The lowest BCUT2D eigenvalue weighted by Crippen LogP contribution is -2.10. The summed E-state index contributed by atoms with van der Waals surface area (Å²) in [7, 11) is 0. The number of anilines is 1. The van der Waals surface area contributed by atoms with Crippen molar-refractivity contribution in [3.8, 4) is 5.75 Å². The zero-order chi connectivity index (χ0) is 13.8. The lowest BCUT2D eigenvalue weighted by Gasteiger charge is -2.15. The molecule has 2 N–H and O–H groups in total. The molecule has 0 saturated carbocycles. The third-order valence-electron chi connectivity index (χ3n) is 2.64. The molecule has 0 amide bonds. The van der Waals surface area contributed by atoms with Gasteiger partial charge in [-0.3, -0.25) is 0 Å². The van der Waals surface area contributed by atoms with Gasteiger partial charge in [-0.05, 0) is 30.5 Å². The molecule has 1 atom stereocenters. The van der Waals surface area contributed by atoms with Gasteiger partial charge in [-0.25, -0.2) is 0 Å². The SMILES string of the molecule is CCCC(C)COc1ccc(C(F)(F)F)cc1N. The second kappa shape index (κ2) is 5.98. The predicted octanol–water partition coefficient (Wildman–Crippen LogP) is 4.10. The lowest BCUT2D eigenvalue weighted by atomic mass is 10.1. The van der Waals surface area contributed by atoms with Gasteiger partial charge in [0, 0.05) is 0 Å². The van der Waals surface area contributed by atoms with E-state index in [9.17, 15) is 13.2 Å². The molecule has 0 saturated heterocycles. The molecule has 102 valence electrons. The maximum atomic E-state index is 12.4. The van der Waals surface area contributed by atoms with Crippen LogP contribution in [0.2, 0.25) is 0 Å². The Bertz CT molecular complexity index is 390. The highest BCUT2D eigenvalue weighted by atomic mass is 19.4. The van der Waals surface area contributed by atoms with Crippen molar-refractivity contribution >= 4 is 5.69 Å². The molecule has 18 heavy (non-hydrogen) atoms. The van der Waals surface area contributed by atoms with Crippen molar-refractivity contribution in [2.75, 3.05) is 12.3 Å². The minimum Gasteiger partial charge on any atom is -0.491 e. The zero-order valence-corrected chi connectivity index (χ0v) is 10.6. The van der Waals surface area contributed by atoms with Crippen LogP contribution in [0.1, 0.15) is 32.3 Å². The second-order valence-corrected chi connectivity index (χ2v) is 4.46. The van der Waals surface area contributed by atoms with E-state index < -0.39 is 11.7 Å². The van der Waals surface area contributed by atoms with Gasteiger partial charge in [-0.15, -0.1) is 0 Å². The Morgan fingerprint density at radius 1 is 1.33 bits per heavy atom. The smallest absolute Gasteiger partial charge is 0.416 e. The third-order valence-corrected chi connectivity index (χ3v) is 2.64. The van der Waals surface area contributed by atoms with Crippen molar-refractivity contribution in [1.82, 2.24) is 0 Å². The molecular weight excluding hydrogens is 243 g/mol. The number of ether oxygens (including phenoxy) is 1. The minimum absolute atomic E-state index is 0.0218. The first kappa shape index (κ1) is 14.7. The fourth-order valence-electron chi connectivity index (χ4n) is 1.66. The average Bonchev–Trinajstić information content (AvgIpc) is 2.26. The standard InChI is InChI=1S/C13H18F3NO/c1-3-4-9(2)8-18-12-6-5-10(7-11(12)17)13(14,15)16/h5-7,9H,3-4,8,17H2,1-2H3. The summed E-state index contributed by atoms with van der Waals surface area (Å²) in [4.78, 5) is 0. The Labute approximate surface area is 105 Å².